The zero-order valence-electron chi connectivity index (χ0n) is 14.7. The van der Waals surface area contributed by atoms with Crippen LogP contribution in [-0.2, 0) is 14.8 Å². The van der Waals surface area contributed by atoms with Crippen LogP contribution in [0.2, 0.25) is 0 Å². The summed E-state index contributed by atoms with van der Waals surface area (Å²) in [4.78, 5) is 11.7. The third-order valence-electron chi connectivity index (χ3n) is 3.59. The monoisotopic (exact) mass is 375 g/mol. The van der Waals surface area contributed by atoms with Gasteiger partial charge in [0.1, 0.15) is 5.75 Å². The lowest BCUT2D eigenvalue weighted by Gasteiger charge is -2.23. The molecule has 0 saturated heterocycles. The van der Waals surface area contributed by atoms with Gasteiger partial charge in [-0.05, 0) is 55.5 Å². The quantitative estimate of drug-likeness (QED) is 0.523. The van der Waals surface area contributed by atoms with Crippen LogP contribution in [0.25, 0.3) is 0 Å². The Labute approximate surface area is 153 Å². The number of ether oxygens (including phenoxy) is 2. The van der Waals surface area contributed by atoms with Crippen LogP contribution in [0.15, 0.2) is 66.1 Å². The molecule has 0 N–H and O–H groups in total. The normalized spacial score (nSPS) is 10.8. The van der Waals surface area contributed by atoms with Gasteiger partial charge in [-0.2, -0.15) is 0 Å². The van der Waals surface area contributed by atoms with E-state index in [1.54, 1.807) is 24.3 Å². The molecule has 2 aromatic carbocycles. The molecule has 0 aromatic heterocycles. The first-order valence-electron chi connectivity index (χ1n) is 7.99. The molecule has 0 spiro atoms. The van der Waals surface area contributed by atoms with Gasteiger partial charge in [0.15, 0.2) is 0 Å². The van der Waals surface area contributed by atoms with Gasteiger partial charge in [0.05, 0.1) is 36.4 Å². The first kappa shape index (κ1) is 19.5. The molecule has 0 saturated carbocycles. The molecule has 0 radical (unpaired) electrons. The van der Waals surface area contributed by atoms with Crippen LogP contribution in [-0.4, -0.2) is 34.6 Å². The average molecular weight is 375 g/mol. The molecule has 2 rings (SSSR count). The van der Waals surface area contributed by atoms with Crippen molar-refractivity contribution in [1.82, 2.24) is 0 Å². The summed E-state index contributed by atoms with van der Waals surface area (Å²) in [5.41, 5.74) is 0.764. The number of rotatable bonds is 8. The van der Waals surface area contributed by atoms with Crippen molar-refractivity contribution in [2.75, 3.05) is 24.6 Å². The minimum absolute atomic E-state index is 0.0904. The molecule has 0 heterocycles. The highest BCUT2D eigenvalue weighted by Gasteiger charge is 2.24. The second-order valence-corrected chi connectivity index (χ2v) is 7.13. The first-order chi connectivity index (χ1) is 12.4. The van der Waals surface area contributed by atoms with Gasteiger partial charge in [0.2, 0.25) is 0 Å². The Morgan fingerprint density at radius 1 is 1.12 bits per heavy atom. The van der Waals surface area contributed by atoms with Crippen LogP contribution < -0.4 is 9.04 Å². The molecular formula is C19H21NO5S. The average Bonchev–Trinajstić information content (AvgIpc) is 2.66. The van der Waals surface area contributed by atoms with Crippen LogP contribution in [0.4, 0.5) is 5.69 Å². The van der Waals surface area contributed by atoms with E-state index < -0.39 is 16.0 Å². The second-order valence-electron chi connectivity index (χ2n) is 5.27. The summed E-state index contributed by atoms with van der Waals surface area (Å²) in [5.74, 6) is 0.116. The Morgan fingerprint density at radius 2 is 1.73 bits per heavy atom. The number of esters is 1. The molecule has 0 amide bonds. The fourth-order valence-electron chi connectivity index (χ4n) is 2.34. The number of carbonyl (C=O) groups excluding carboxylic acids is 1. The lowest BCUT2D eigenvalue weighted by Crippen LogP contribution is -2.31. The fraction of sp³-hybridized carbons (Fsp3) is 0.211. The van der Waals surface area contributed by atoms with E-state index in [1.807, 2.05) is 6.92 Å². The van der Waals surface area contributed by atoms with E-state index in [2.05, 4.69) is 11.3 Å². The third-order valence-corrected chi connectivity index (χ3v) is 5.40. The number of hydrogen-bond acceptors (Lipinski definition) is 5. The number of benzene rings is 2. The topological polar surface area (TPSA) is 72.9 Å². The van der Waals surface area contributed by atoms with Gasteiger partial charge in [-0.25, -0.2) is 13.2 Å². The van der Waals surface area contributed by atoms with Gasteiger partial charge >= 0.3 is 5.97 Å². The Hall–Kier alpha value is -2.80. The van der Waals surface area contributed by atoms with E-state index in [4.69, 9.17) is 4.74 Å². The molecule has 7 heteroatoms. The lowest BCUT2D eigenvalue weighted by atomic mass is 10.2. The van der Waals surface area contributed by atoms with Gasteiger partial charge in [0, 0.05) is 0 Å². The maximum absolute atomic E-state index is 13.0. The van der Waals surface area contributed by atoms with Crippen molar-refractivity contribution in [3.8, 4) is 5.75 Å². The molecule has 0 atom stereocenters. The Bertz CT molecular complexity index is 858. The van der Waals surface area contributed by atoms with Crippen LogP contribution >= 0.6 is 0 Å². The van der Waals surface area contributed by atoms with Gasteiger partial charge in [0.25, 0.3) is 10.0 Å². The highest BCUT2D eigenvalue weighted by atomic mass is 32.2. The Kier molecular flexibility index (Phi) is 6.41. The molecule has 26 heavy (non-hydrogen) atoms. The molecule has 0 unspecified atom stereocenters. The van der Waals surface area contributed by atoms with Crippen LogP contribution in [0.3, 0.4) is 0 Å². The number of anilines is 1. The smallest absolute Gasteiger partial charge is 0.337 e. The standard InChI is InChI=1S/C19H21NO5S/c1-4-14-20(16-8-6-15(7-9-16)19(21)24-3)26(22,23)18-12-10-17(11-13-18)25-5-2/h4,6-13H,1,5,14H2,2-3H3. The zero-order chi connectivity index (χ0) is 19.2. The van der Waals surface area contributed by atoms with Gasteiger partial charge in [-0.3, -0.25) is 4.31 Å². The largest absolute Gasteiger partial charge is 0.494 e. The Morgan fingerprint density at radius 3 is 2.23 bits per heavy atom. The van der Waals surface area contributed by atoms with E-state index in [9.17, 15) is 13.2 Å². The van der Waals surface area contributed by atoms with Crippen molar-refractivity contribution in [2.24, 2.45) is 0 Å². The maximum atomic E-state index is 13.0. The fourth-order valence-corrected chi connectivity index (χ4v) is 3.78. The molecule has 0 bridgehead atoms. The molecule has 0 aliphatic rings. The highest BCUT2D eigenvalue weighted by molar-refractivity contribution is 7.92. The number of nitrogens with zero attached hydrogens (tertiary/aromatic N) is 1. The van der Waals surface area contributed by atoms with Gasteiger partial charge in [-0.1, -0.05) is 6.08 Å². The molecule has 2 aromatic rings. The van der Waals surface area contributed by atoms with Crippen molar-refractivity contribution < 1.29 is 22.7 Å². The van der Waals surface area contributed by atoms with E-state index in [0.29, 0.717) is 23.6 Å². The number of carbonyl (C=O) groups is 1. The van der Waals surface area contributed by atoms with Crippen molar-refractivity contribution in [2.45, 2.75) is 11.8 Å². The maximum Gasteiger partial charge on any atom is 0.337 e. The summed E-state index contributed by atoms with van der Waals surface area (Å²) in [5, 5.41) is 0. The van der Waals surface area contributed by atoms with Crippen molar-refractivity contribution >= 4 is 21.7 Å². The molecular weight excluding hydrogens is 354 g/mol. The summed E-state index contributed by atoms with van der Waals surface area (Å²) < 4.78 is 37.2. The van der Waals surface area contributed by atoms with Crippen LogP contribution in [0.5, 0.6) is 5.75 Å². The molecule has 138 valence electrons. The number of hydrogen-bond donors (Lipinski definition) is 0. The minimum atomic E-state index is -3.80. The third kappa shape index (κ3) is 4.23. The summed E-state index contributed by atoms with van der Waals surface area (Å²) in [6.07, 6.45) is 1.50. The van der Waals surface area contributed by atoms with E-state index in [0.717, 1.165) is 0 Å². The highest BCUT2D eigenvalue weighted by Crippen LogP contribution is 2.25. The first-order valence-corrected chi connectivity index (χ1v) is 9.43. The van der Waals surface area contributed by atoms with Crippen molar-refractivity contribution in [3.63, 3.8) is 0 Å². The van der Waals surface area contributed by atoms with Crippen LogP contribution in [0, 0.1) is 0 Å². The lowest BCUT2D eigenvalue weighted by molar-refractivity contribution is 0.0600. The van der Waals surface area contributed by atoms with E-state index in [1.165, 1.54) is 41.8 Å². The summed E-state index contributed by atoms with van der Waals surface area (Å²) in [7, 11) is -2.51. The molecule has 6 nitrogen and oxygen atoms in total. The van der Waals surface area contributed by atoms with Crippen molar-refractivity contribution in [3.05, 3.63) is 66.7 Å². The summed E-state index contributed by atoms with van der Waals surface area (Å²) in [6, 6.07) is 12.4. The SMILES string of the molecule is C=CCN(c1ccc(C(=O)OC)cc1)S(=O)(=O)c1ccc(OCC)cc1. The summed E-state index contributed by atoms with van der Waals surface area (Å²) >= 11 is 0. The predicted molar refractivity (Wildman–Crippen MR) is 100 cm³/mol. The van der Waals surface area contributed by atoms with E-state index >= 15 is 0 Å². The van der Waals surface area contributed by atoms with Gasteiger partial charge in [-0.15, -0.1) is 6.58 Å². The van der Waals surface area contributed by atoms with E-state index in [-0.39, 0.29) is 11.4 Å². The van der Waals surface area contributed by atoms with Crippen LogP contribution in [0.1, 0.15) is 17.3 Å². The number of sulfonamides is 1. The predicted octanol–water partition coefficient (Wildman–Crippen LogP) is 3.25. The zero-order valence-corrected chi connectivity index (χ0v) is 15.5. The molecule has 0 fully saturated rings. The Balaban J connectivity index is 2.38. The molecule has 0 aliphatic heterocycles. The second kappa shape index (κ2) is 8.53. The minimum Gasteiger partial charge on any atom is -0.494 e. The summed E-state index contributed by atoms with van der Waals surface area (Å²) in [6.45, 7) is 6.08. The number of methoxy groups -OCH3 is 1. The molecule has 0 aliphatic carbocycles. The van der Waals surface area contributed by atoms with Gasteiger partial charge < -0.3 is 9.47 Å². The van der Waals surface area contributed by atoms with Crippen molar-refractivity contribution in [1.29, 1.82) is 0 Å².